The first kappa shape index (κ1) is 15.6. The zero-order chi connectivity index (χ0) is 16.6. The largest absolute Gasteiger partial charge is 0.481 e. The van der Waals surface area contributed by atoms with E-state index in [0.29, 0.717) is 12.3 Å². The maximum atomic E-state index is 13.8. The monoisotopic (exact) mass is 320 g/mol. The number of nitro groups is 1. The zero-order valence-electron chi connectivity index (χ0n) is 10.7. The molecule has 0 aliphatic heterocycles. The van der Waals surface area contributed by atoms with Crippen LogP contribution >= 0.6 is 0 Å². The van der Waals surface area contributed by atoms with Crippen molar-refractivity contribution in [3.05, 3.63) is 51.5 Å². The Bertz CT molecular complexity index is 753. The van der Waals surface area contributed by atoms with Crippen LogP contribution in [0.3, 0.4) is 0 Å². The van der Waals surface area contributed by atoms with Crippen molar-refractivity contribution in [1.82, 2.24) is 4.98 Å². The lowest BCUT2D eigenvalue weighted by atomic mass is 10.0. The van der Waals surface area contributed by atoms with E-state index in [1.807, 2.05) is 0 Å². The van der Waals surface area contributed by atoms with Crippen molar-refractivity contribution in [2.24, 2.45) is 0 Å². The molecule has 22 heavy (non-hydrogen) atoms. The molecule has 0 aliphatic rings. The topological polar surface area (TPSA) is 65.3 Å². The second kappa shape index (κ2) is 5.54. The summed E-state index contributed by atoms with van der Waals surface area (Å²) >= 11 is 0. The van der Waals surface area contributed by atoms with Crippen LogP contribution in [0.5, 0.6) is 5.88 Å². The number of nitrogens with zero attached hydrogens (tertiary/aromatic N) is 2. The highest BCUT2D eigenvalue weighted by atomic mass is 19.2. The van der Waals surface area contributed by atoms with Gasteiger partial charge in [-0.15, -0.1) is 0 Å². The Balaban J connectivity index is 2.87. The molecule has 0 aliphatic carbocycles. The number of aromatic nitrogens is 1. The molecule has 0 spiro atoms. The van der Waals surface area contributed by atoms with E-state index in [4.69, 9.17) is 0 Å². The summed E-state index contributed by atoms with van der Waals surface area (Å²) in [5.74, 6) is -11.5. The fourth-order valence-electron chi connectivity index (χ4n) is 1.72. The van der Waals surface area contributed by atoms with Gasteiger partial charge in [0.2, 0.25) is 11.7 Å². The molecular weight excluding hydrogens is 315 g/mol. The molecule has 10 heteroatoms. The molecule has 0 unspecified atom stereocenters. The number of ether oxygens (including phenoxy) is 1. The maximum Gasteiger partial charge on any atom is 0.288 e. The Kier molecular flexibility index (Phi) is 3.93. The third kappa shape index (κ3) is 2.32. The van der Waals surface area contributed by atoms with E-state index in [-0.39, 0.29) is 0 Å². The number of pyridine rings is 1. The minimum Gasteiger partial charge on any atom is -0.481 e. The summed E-state index contributed by atoms with van der Waals surface area (Å²) in [4.78, 5) is 13.2. The van der Waals surface area contributed by atoms with Crippen LogP contribution in [0.4, 0.5) is 27.6 Å². The van der Waals surface area contributed by atoms with Crippen molar-refractivity contribution in [1.29, 1.82) is 0 Å². The molecule has 0 N–H and O–H groups in total. The van der Waals surface area contributed by atoms with Gasteiger partial charge in [-0.25, -0.2) is 26.9 Å². The Labute approximate surface area is 119 Å². The molecule has 0 amide bonds. The van der Waals surface area contributed by atoms with Crippen molar-refractivity contribution in [3.8, 4) is 17.0 Å². The van der Waals surface area contributed by atoms with Crippen molar-refractivity contribution in [3.63, 3.8) is 0 Å². The van der Waals surface area contributed by atoms with Crippen LogP contribution in [0.1, 0.15) is 0 Å². The molecule has 1 heterocycles. The Morgan fingerprint density at radius 3 is 2.00 bits per heavy atom. The summed E-state index contributed by atoms with van der Waals surface area (Å²) in [6.45, 7) is 0. The van der Waals surface area contributed by atoms with E-state index in [1.54, 1.807) is 0 Å². The number of methoxy groups -OCH3 is 1. The van der Waals surface area contributed by atoms with Crippen molar-refractivity contribution in [2.45, 2.75) is 0 Å². The first-order chi connectivity index (χ1) is 10.3. The van der Waals surface area contributed by atoms with Gasteiger partial charge in [-0.1, -0.05) is 0 Å². The molecule has 1 aromatic carbocycles. The van der Waals surface area contributed by atoms with Gasteiger partial charge in [0.1, 0.15) is 6.20 Å². The summed E-state index contributed by atoms with van der Waals surface area (Å²) in [6.07, 6.45) is 0.717. The molecule has 0 saturated carbocycles. The molecule has 0 radical (unpaired) electrons. The number of hydrogen-bond donors (Lipinski definition) is 0. The van der Waals surface area contributed by atoms with Gasteiger partial charge in [0.05, 0.1) is 23.2 Å². The van der Waals surface area contributed by atoms with Gasteiger partial charge in [0.15, 0.2) is 23.3 Å². The molecule has 0 saturated heterocycles. The van der Waals surface area contributed by atoms with Crippen LogP contribution in [0.2, 0.25) is 0 Å². The third-order valence-electron chi connectivity index (χ3n) is 2.72. The van der Waals surface area contributed by atoms with Crippen LogP contribution in [-0.2, 0) is 0 Å². The zero-order valence-corrected chi connectivity index (χ0v) is 10.7. The summed E-state index contributed by atoms with van der Waals surface area (Å²) < 4.78 is 71.6. The fraction of sp³-hybridized carbons (Fsp3) is 0.0833. The van der Waals surface area contributed by atoms with Crippen LogP contribution in [-0.4, -0.2) is 17.0 Å². The number of hydrogen-bond acceptors (Lipinski definition) is 4. The molecule has 2 aromatic rings. The predicted octanol–water partition coefficient (Wildman–Crippen LogP) is 3.36. The molecular formula is C12H5F5N2O3. The smallest absolute Gasteiger partial charge is 0.288 e. The number of rotatable bonds is 3. The van der Waals surface area contributed by atoms with Gasteiger partial charge < -0.3 is 4.74 Å². The minimum absolute atomic E-state index is 0.534. The van der Waals surface area contributed by atoms with E-state index >= 15 is 0 Å². The Hall–Kier alpha value is -2.78. The number of benzene rings is 1. The standard InChI is InChI=1S/C12H5F5N2O3/c1-22-12-5(2-4(3-18-12)19(20)21)6-7(13)9(15)11(17)10(16)8(6)14/h2-3H,1H3. The van der Waals surface area contributed by atoms with E-state index in [1.165, 1.54) is 0 Å². The SMILES string of the molecule is COc1ncc([N+](=O)[O-])cc1-c1c(F)c(F)c(F)c(F)c1F. The van der Waals surface area contributed by atoms with Gasteiger partial charge in [-0.2, -0.15) is 0 Å². The van der Waals surface area contributed by atoms with Crippen LogP contribution < -0.4 is 4.74 Å². The second-order valence-corrected chi connectivity index (χ2v) is 3.95. The van der Waals surface area contributed by atoms with Crippen molar-refractivity contribution < 1.29 is 31.6 Å². The fourth-order valence-corrected chi connectivity index (χ4v) is 1.72. The average Bonchev–Trinajstić information content (AvgIpc) is 2.51. The van der Waals surface area contributed by atoms with Crippen molar-refractivity contribution in [2.75, 3.05) is 7.11 Å². The highest BCUT2D eigenvalue weighted by molar-refractivity contribution is 5.72. The summed E-state index contributed by atoms with van der Waals surface area (Å²) in [6, 6.07) is 0.601. The lowest BCUT2D eigenvalue weighted by Crippen LogP contribution is -2.05. The molecule has 1 aromatic heterocycles. The summed E-state index contributed by atoms with van der Waals surface area (Å²) in [5, 5.41) is 10.7. The lowest BCUT2D eigenvalue weighted by Gasteiger charge is -2.11. The van der Waals surface area contributed by atoms with Crippen molar-refractivity contribution >= 4 is 5.69 Å². The number of halogens is 5. The summed E-state index contributed by atoms with van der Waals surface area (Å²) in [5.41, 5.74) is -2.80. The van der Waals surface area contributed by atoms with Crippen LogP contribution in [0.15, 0.2) is 12.3 Å². The second-order valence-electron chi connectivity index (χ2n) is 3.95. The normalized spacial score (nSPS) is 10.6. The molecule has 0 atom stereocenters. The van der Waals surface area contributed by atoms with Gasteiger partial charge in [-0.3, -0.25) is 10.1 Å². The Morgan fingerprint density at radius 2 is 1.55 bits per heavy atom. The molecule has 0 fully saturated rings. The Morgan fingerprint density at radius 1 is 1.05 bits per heavy atom. The minimum atomic E-state index is -2.34. The predicted molar refractivity (Wildman–Crippen MR) is 62.7 cm³/mol. The van der Waals surface area contributed by atoms with E-state index in [9.17, 15) is 32.1 Å². The summed E-state index contributed by atoms with van der Waals surface area (Å²) in [7, 11) is 1.02. The molecule has 2 rings (SSSR count). The maximum absolute atomic E-state index is 13.8. The van der Waals surface area contributed by atoms with E-state index < -0.39 is 56.7 Å². The molecule has 5 nitrogen and oxygen atoms in total. The first-order valence-corrected chi connectivity index (χ1v) is 5.49. The molecule has 0 bridgehead atoms. The van der Waals surface area contributed by atoms with Gasteiger partial charge in [0.25, 0.3) is 5.69 Å². The third-order valence-corrected chi connectivity index (χ3v) is 2.72. The van der Waals surface area contributed by atoms with E-state index in [2.05, 4.69) is 9.72 Å². The van der Waals surface area contributed by atoms with Gasteiger partial charge in [-0.05, 0) is 0 Å². The highest BCUT2D eigenvalue weighted by Crippen LogP contribution is 2.37. The average molecular weight is 320 g/mol. The molecule has 116 valence electrons. The van der Waals surface area contributed by atoms with Crippen LogP contribution in [0.25, 0.3) is 11.1 Å². The highest BCUT2D eigenvalue weighted by Gasteiger charge is 2.29. The van der Waals surface area contributed by atoms with Crippen LogP contribution in [0, 0.1) is 39.2 Å². The lowest BCUT2D eigenvalue weighted by molar-refractivity contribution is -0.385. The van der Waals surface area contributed by atoms with Gasteiger partial charge in [0, 0.05) is 6.07 Å². The first-order valence-electron chi connectivity index (χ1n) is 5.49. The quantitative estimate of drug-likeness (QED) is 0.286. The van der Waals surface area contributed by atoms with E-state index in [0.717, 1.165) is 7.11 Å². The van der Waals surface area contributed by atoms with Gasteiger partial charge >= 0.3 is 0 Å².